The van der Waals surface area contributed by atoms with Gasteiger partial charge in [0, 0.05) is 19.7 Å². The smallest absolute Gasteiger partial charge is 0.280 e. The van der Waals surface area contributed by atoms with Crippen LogP contribution in [0.3, 0.4) is 0 Å². The fourth-order valence-electron chi connectivity index (χ4n) is 2.46. The molecule has 0 saturated heterocycles. The van der Waals surface area contributed by atoms with Crippen molar-refractivity contribution < 1.29 is 4.39 Å². The van der Waals surface area contributed by atoms with E-state index in [1.807, 2.05) is 6.92 Å². The highest BCUT2D eigenvalue weighted by molar-refractivity contribution is 7.99. The van der Waals surface area contributed by atoms with Crippen molar-refractivity contribution in [3.05, 3.63) is 50.9 Å². The molecule has 0 amide bonds. The highest BCUT2D eigenvalue weighted by Gasteiger charge is 2.17. The van der Waals surface area contributed by atoms with Crippen LogP contribution in [0.1, 0.15) is 13.3 Å². The molecule has 0 spiro atoms. The monoisotopic (exact) mass is 360 g/mol. The van der Waals surface area contributed by atoms with E-state index in [1.165, 1.54) is 35.5 Å². The van der Waals surface area contributed by atoms with Crippen molar-refractivity contribution in [2.75, 3.05) is 5.75 Å². The number of thioether (sulfide) groups is 1. The summed E-state index contributed by atoms with van der Waals surface area (Å²) in [6.45, 7) is 2.03. The van der Waals surface area contributed by atoms with Gasteiger partial charge in [0.05, 0.1) is 0 Å². The minimum Gasteiger partial charge on any atom is -0.280 e. The Bertz CT molecular complexity index is 1060. The van der Waals surface area contributed by atoms with Gasteiger partial charge >= 0.3 is 5.69 Å². The fourth-order valence-corrected chi connectivity index (χ4v) is 3.33. The zero-order chi connectivity index (χ0) is 18.1. The maximum Gasteiger partial charge on any atom is 0.332 e. The molecule has 0 fully saturated rings. The Morgan fingerprint density at radius 3 is 2.40 bits per heavy atom. The van der Waals surface area contributed by atoms with Gasteiger partial charge in [-0.1, -0.05) is 6.92 Å². The average Bonchev–Trinajstić information content (AvgIpc) is 2.62. The molecular weight excluding hydrogens is 343 g/mol. The maximum absolute atomic E-state index is 13.2. The minimum atomic E-state index is -0.451. The normalized spacial score (nSPS) is 11.2. The van der Waals surface area contributed by atoms with Crippen molar-refractivity contribution in [3.8, 4) is 11.4 Å². The van der Waals surface area contributed by atoms with Gasteiger partial charge in [-0.15, -0.1) is 11.8 Å². The Morgan fingerprint density at radius 2 is 1.76 bits per heavy atom. The molecule has 130 valence electrons. The summed E-state index contributed by atoms with van der Waals surface area (Å²) >= 11 is 1.45. The van der Waals surface area contributed by atoms with Crippen LogP contribution in [0, 0.1) is 5.82 Å². The zero-order valence-electron chi connectivity index (χ0n) is 14.1. The number of nitrogens with zero attached hydrogens (tertiary/aromatic N) is 4. The Balaban J connectivity index is 2.36. The van der Waals surface area contributed by atoms with Gasteiger partial charge in [-0.05, 0) is 36.4 Å². The first-order chi connectivity index (χ1) is 11.9. The summed E-state index contributed by atoms with van der Waals surface area (Å²) in [5.41, 5.74) is 0.0332. The summed E-state index contributed by atoms with van der Waals surface area (Å²) in [7, 11) is 3.01. The molecule has 0 radical (unpaired) electrons. The molecule has 25 heavy (non-hydrogen) atoms. The number of hydrogen-bond donors (Lipinski definition) is 0. The van der Waals surface area contributed by atoms with Crippen LogP contribution < -0.4 is 11.2 Å². The standard InChI is InChI=1S/C17H17FN4O2S/c1-4-9-25-15-12-14(21(2)17(24)22(3)16(12)23)19-13(20-15)10-5-7-11(18)8-6-10/h5-8H,4,9H2,1-3H3. The highest BCUT2D eigenvalue weighted by Crippen LogP contribution is 2.26. The van der Waals surface area contributed by atoms with Crippen LogP contribution in [0.5, 0.6) is 0 Å². The van der Waals surface area contributed by atoms with Gasteiger partial charge in [-0.25, -0.2) is 19.2 Å². The van der Waals surface area contributed by atoms with Crippen molar-refractivity contribution in [2.24, 2.45) is 14.1 Å². The number of aryl methyl sites for hydroxylation is 1. The van der Waals surface area contributed by atoms with Crippen molar-refractivity contribution in [1.82, 2.24) is 19.1 Å². The molecule has 1 aromatic carbocycles. The summed E-state index contributed by atoms with van der Waals surface area (Å²) in [5, 5.41) is 0.858. The zero-order valence-corrected chi connectivity index (χ0v) is 14.9. The third-order valence-corrected chi connectivity index (χ3v) is 4.99. The number of rotatable bonds is 4. The van der Waals surface area contributed by atoms with Crippen LogP contribution >= 0.6 is 11.8 Å². The van der Waals surface area contributed by atoms with Gasteiger partial charge in [-0.2, -0.15) is 0 Å². The highest BCUT2D eigenvalue weighted by atomic mass is 32.2. The first kappa shape index (κ1) is 17.3. The van der Waals surface area contributed by atoms with Crippen LogP contribution in [0.2, 0.25) is 0 Å². The van der Waals surface area contributed by atoms with Crippen LogP contribution in [0.4, 0.5) is 4.39 Å². The van der Waals surface area contributed by atoms with E-state index in [1.54, 1.807) is 19.2 Å². The molecule has 2 aromatic heterocycles. The molecule has 3 rings (SSSR count). The quantitative estimate of drug-likeness (QED) is 0.528. The third kappa shape index (κ3) is 3.09. The molecule has 0 atom stereocenters. The number of hydrogen-bond acceptors (Lipinski definition) is 5. The molecule has 0 N–H and O–H groups in total. The second-order valence-electron chi connectivity index (χ2n) is 5.61. The topological polar surface area (TPSA) is 69.8 Å². The van der Waals surface area contributed by atoms with Crippen molar-refractivity contribution in [3.63, 3.8) is 0 Å². The van der Waals surface area contributed by atoms with Gasteiger partial charge in [0.1, 0.15) is 16.2 Å². The van der Waals surface area contributed by atoms with Crippen molar-refractivity contribution >= 4 is 22.8 Å². The van der Waals surface area contributed by atoms with Gasteiger partial charge in [0.25, 0.3) is 5.56 Å². The lowest BCUT2D eigenvalue weighted by atomic mass is 10.2. The fraction of sp³-hybridized carbons (Fsp3) is 0.294. The molecule has 0 aliphatic carbocycles. The summed E-state index contributed by atoms with van der Waals surface area (Å²) < 4.78 is 15.6. The maximum atomic E-state index is 13.2. The molecule has 0 saturated carbocycles. The summed E-state index contributed by atoms with van der Waals surface area (Å²) in [5.74, 6) is 0.779. The number of benzene rings is 1. The lowest BCUT2D eigenvalue weighted by molar-refractivity contribution is 0.628. The average molecular weight is 360 g/mol. The molecule has 3 aromatic rings. The molecule has 6 nitrogen and oxygen atoms in total. The lowest BCUT2D eigenvalue weighted by Crippen LogP contribution is -2.37. The van der Waals surface area contributed by atoms with Crippen LogP contribution in [0.25, 0.3) is 22.4 Å². The predicted octanol–water partition coefficient (Wildman–Crippen LogP) is 2.34. The Labute approximate surface area is 147 Å². The van der Waals surface area contributed by atoms with Crippen molar-refractivity contribution in [1.29, 1.82) is 0 Å². The summed E-state index contributed by atoms with van der Waals surface area (Å²) in [6, 6.07) is 5.80. The van der Waals surface area contributed by atoms with E-state index in [0.717, 1.165) is 16.7 Å². The van der Waals surface area contributed by atoms with Crippen molar-refractivity contribution in [2.45, 2.75) is 18.4 Å². The third-order valence-electron chi connectivity index (χ3n) is 3.81. The second-order valence-corrected chi connectivity index (χ2v) is 6.70. The van der Waals surface area contributed by atoms with Crippen LogP contribution in [0.15, 0.2) is 38.9 Å². The van der Waals surface area contributed by atoms with E-state index in [-0.39, 0.29) is 11.5 Å². The van der Waals surface area contributed by atoms with Gasteiger partial charge in [0.2, 0.25) is 0 Å². The van der Waals surface area contributed by atoms with Gasteiger partial charge < -0.3 is 0 Å². The molecule has 0 aliphatic rings. The summed E-state index contributed by atoms with van der Waals surface area (Å²) in [6.07, 6.45) is 0.911. The Kier molecular flexibility index (Phi) is 4.71. The van der Waals surface area contributed by atoms with E-state index >= 15 is 0 Å². The molecule has 8 heteroatoms. The first-order valence-electron chi connectivity index (χ1n) is 7.80. The number of fused-ring (bicyclic) bond motifs is 1. The van der Waals surface area contributed by atoms with E-state index in [2.05, 4.69) is 9.97 Å². The molecule has 0 unspecified atom stereocenters. The minimum absolute atomic E-state index is 0.279. The number of halogens is 1. The SMILES string of the molecule is CCCSc1nc(-c2ccc(F)cc2)nc2c1c(=O)n(C)c(=O)n2C. The Hall–Kier alpha value is -2.48. The predicted molar refractivity (Wildman–Crippen MR) is 96.4 cm³/mol. The van der Waals surface area contributed by atoms with Crippen LogP contribution in [-0.4, -0.2) is 24.9 Å². The lowest BCUT2D eigenvalue weighted by Gasteiger charge is -2.11. The first-order valence-corrected chi connectivity index (χ1v) is 8.79. The summed E-state index contributed by atoms with van der Waals surface area (Å²) in [4.78, 5) is 33.7. The van der Waals surface area contributed by atoms with E-state index in [4.69, 9.17) is 0 Å². The molecule has 0 bridgehead atoms. The van der Waals surface area contributed by atoms with Crippen LogP contribution in [-0.2, 0) is 14.1 Å². The van der Waals surface area contributed by atoms with E-state index in [9.17, 15) is 14.0 Å². The molecular formula is C17H17FN4O2S. The largest absolute Gasteiger partial charge is 0.332 e. The number of aromatic nitrogens is 4. The van der Waals surface area contributed by atoms with Gasteiger partial charge in [-0.3, -0.25) is 13.9 Å². The molecule has 2 heterocycles. The van der Waals surface area contributed by atoms with Gasteiger partial charge in [0.15, 0.2) is 11.5 Å². The van der Waals surface area contributed by atoms with E-state index in [0.29, 0.717) is 21.8 Å². The Morgan fingerprint density at radius 1 is 1.08 bits per heavy atom. The molecule has 0 aliphatic heterocycles. The van der Waals surface area contributed by atoms with E-state index < -0.39 is 11.2 Å². The second kappa shape index (κ2) is 6.79.